The minimum atomic E-state index is -0.420. The molecular weight excluding hydrogens is 232 g/mol. The molecule has 1 aromatic rings. The van der Waals surface area contributed by atoms with E-state index in [1.54, 1.807) is 31.2 Å². The van der Waals surface area contributed by atoms with Crippen LogP contribution in [0.3, 0.4) is 0 Å². The van der Waals surface area contributed by atoms with Crippen LogP contribution in [0.25, 0.3) is 0 Å². The molecule has 0 aliphatic rings. The smallest absolute Gasteiger partial charge is 0.229 e. The molecule has 0 aliphatic heterocycles. The van der Waals surface area contributed by atoms with E-state index >= 15 is 0 Å². The van der Waals surface area contributed by atoms with Crippen LogP contribution in [0.5, 0.6) is 5.75 Å². The zero-order valence-corrected chi connectivity index (χ0v) is 10.3. The monoisotopic (exact) mass is 244 g/mol. The number of carbonyl (C=O) groups is 1. The Morgan fingerprint density at radius 3 is 2.60 bits per heavy atom. The topological polar surface area (TPSA) is 26.3 Å². The number of hydrogen-bond acceptors (Lipinski definition) is 3. The lowest BCUT2D eigenvalue weighted by Gasteiger charge is -2.12. The highest BCUT2D eigenvalue weighted by Crippen LogP contribution is 2.18. The van der Waals surface area contributed by atoms with Crippen LogP contribution in [-0.4, -0.2) is 17.0 Å². The minimum absolute atomic E-state index is 0.0486. The predicted molar refractivity (Wildman–Crippen MR) is 64.7 cm³/mol. The summed E-state index contributed by atoms with van der Waals surface area (Å²) in [5.74, 6) is 1.43. The van der Waals surface area contributed by atoms with Crippen LogP contribution >= 0.6 is 23.4 Å². The van der Waals surface area contributed by atoms with Crippen molar-refractivity contribution < 1.29 is 9.53 Å². The molecule has 1 rings (SSSR count). The Morgan fingerprint density at radius 1 is 1.47 bits per heavy atom. The van der Waals surface area contributed by atoms with Gasteiger partial charge in [0.1, 0.15) is 5.75 Å². The van der Waals surface area contributed by atoms with Gasteiger partial charge in [-0.2, -0.15) is 0 Å². The fourth-order valence-corrected chi connectivity index (χ4v) is 1.72. The highest BCUT2D eigenvalue weighted by Gasteiger charge is 2.13. The summed E-state index contributed by atoms with van der Waals surface area (Å²) < 4.78 is 5.45. The third-order valence-corrected chi connectivity index (χ3v) is 2.90. The van der Waals surface area contributed by atoms with Gasteiger partial charge in [0.25, 0.3) is 0 Å². The average molecular weight is 245 g/mol. The number of hydrogen-bond donors (Lipinski definition) is 0. The van der Waals surface area contributed by atoms with Crippen molar-refractivity contribution in [1.29, 1.82) is 0 Å². The summed E-state index contributed by atoms with van der Waals surface area (Å²) in [5, 5.41) is 0.705. The molecule has 0 bridgehead atoms. The van der Waals surface area contributed by atoms with E-state index < -0.39 is 6.10 Å². The highest BCUT2D eigenvalue weighted by molar-refractivity contribution is 8.13. The molecule has 1 unspecified atom stereocenters. The number of carbonyl (C=O) groups excluding carboxylic acids is 1. The third-order valence-electron chi connectivity index (χ3n) is 1.75. The molecule has 0 fully saturated rings. The van der Waals surface area contributed by atoms with Gasteiger partial charge >= 0.3 is 0 Å². The summed E-state index contributed by atoms with van der Waals surface area (Å²) in [5.41, 5.74) is 0. The number of thioether (sulfide) groups is 1. The number of rotatable bonds is 4. The summed E-state index contributed by atoms with van der Waals surface area (Å²) in [7, 11) is 0. The quantitative estimate of drug-likeness (QED) is 0.812. The maximum Gasteiger partial charge on any atom is 0.229 e. The number of halogens is 1. The first-order valence-corrected chi connectivity index (χ1v) is 6.08. The fraction of sp³-hybridized carbons (Fsp3) is 0.364. The average Bonchev–Trinajstić information content (AvgIpc) is 2.22. The Balaban J connectivity index is 2.54. The lowest BCUT2D eigenvalue weighted by Crippen LogP contribution is -2.21. The van der Waals surface area contributed by atoms with E-state index in [0.717, 1.165) is 5.75 Å². The summed E-state index contributed by atoms with van der Waals surface area (Å²) in [6, 6.07) is 6.98. The van der Waals surface area contributed by atoms with Gasteiger partial charge in [0.15, 0.2) is 6.10 Å². The molecule has 0 N–H and O–H groups in total. The zero-order valence-electron chi connectivity index (χ0n) is 8.70. The molecule has 2 nitrogen and oxygen atoms in total. The minimum Gasteiger partial charge on any atom is -0.482 e. The van der Waals surface area contributed by atoms with Crippen molar-refractivity contribution in [1.82, 2.24) is 0 Å². The highest BCUT2D eigenvalue weighted by atomic mass is 35.5. The summed E-state index contributed by atoms with van der Waals surface area (Å²) >= 11 is 7.01. The number of ether oxygens (including phenoxy) is 1. The second-order valence-corrected chi connectivity index (χ2v) is 4.67. The van der Waals surface area contributed by atoms with E-state index in [1.165, 1.54) is 11.8 Å². The van der Waals surface area contributed by atoms with Crippen LogP contribution in [0.1, 0.15) is 13.8 Å². The summed E-state index contributed by atoms with van der Waals surface area (Å²) in [6.45, 7) is 3.69. The second-order valence-electron chi connectivity index (χ2n) is 2.97. The Bertz CT molecular complexity index is 324. The molecule has 0 spiro atoms. The molecule has 0 radical (unpaired) electrons. The van der Waals surface area contributed by atoms with E-state index in [2.05, 4.69) is 0 Å². The lowest BCUT2D eigenvalue weighted by atomic mass is 10.3. The van der Waals surface area contributed by atoms with E-state index in [1.807, 2.05) is 6.92 Å². The van der Waals surface area contributed by atoms with Gasteiger partial charge in [-0.25, -0.2) is 0 Å². The van der Waals surface area contributed by atoms with Crippen LogP contribution in [-0.2, 0) is 4.79 Å². The van der Waals surface area contributed by atoms with Crippen LogP contribution in [0.4, 0.5) is 0 Å². The lowest BCUT2D eigenvalue weighted by molar-refractivity contribution is -0.116. The van der Waals surface area contributed by atoms with Crippen LogP contribution in [0, 0.1) is 0 Å². The SMILES string of the molecule is CCSC(=O)C(C)Oc1ccc(Cl)cc1. The Hall–Kier alpha value is -0.670. The van der Waals surface area contributed by atoms with Gasteiger partial charge in [0.2, 0.25) is 5.12 Å². The molecule has 1 atom stereocenters. The first kappa shape index (κ1) is 12.4. The van der Waals surface area contributed by atoms with Gasteiger partial charge in [-0.05, 0) is 36.9 Å². The van der Waals surface area contributed by atoms with Gasteiger partial charge in [-0.1, -0.05) is 30.3 Å². The van der Waals surface area contributed by atoms with E-state index in [9.17, 15) is 4.79 Å². The van der Waals surface area contributed by atoms with Gasteiger partial charge < -0.3 is 4.74 Å². The maximum atomic E-state index is 11.4. The summed E-state index contributed by atoms with van der Waals surface area (Å²) in [6.07, 6.45) is -0.420. The molecule has 82 valence electrons. The maximum absolute atomic E-state index is 11.4. The van der Waals surface area contributed by atoms with Gasteiger partial charge in [-0.15, -0.1) is 0 Å². The molecule has 15 heavy (non-hydrogen) atoms. The molecule has 0 saturated carbocycles. The predicted octanol–water partition coefficient (Wildman–Crippen LogP) is 3.39. The third kappa shape index (κ3) is 4.14. The molecule has 4 heteroatoms. The largest absolute Gasteiger partial charge is 0.482 e. The first-order chi connectivity index (χ1) is 7.13. The Kier molecular flexibility index (Phi) is 4.99. The Morgan fingerprint density at radius 2 is 2.07 bits per heavy atom. The molecule has 0 amide bonds. The van der Waals surface area contributed by atoms with E-state index in [-0.39, 0.29) is 5.12 Å². The van der Waals surface area contributed by atoms with Gasteiger partial charge in [0.05, 0.1) is 0 Å². The van der Waals surface area contributed by atoms with Crippen molar-refractivity contribution in [2.24, 2.45) is 0 Å². The van der Waals surface area contributed by atoms with E-state index in [4.69, 9.17) is 16.3 Å². The van der Waals surface area contributed by atoms with Gasteiger partial charge in [0, 0.05) is 5.02 Å². The fourth-order valence-electron chi connectivity index (χ4n) is 1.03. The normalized spacial score (nSPS) is 12.2. The van der Waals surface area contributed by atoms with Crippen molar-refractivity contribution in [3.8, 4) is 5.75 Å². The summed E-state index contributed by atoms with van der Waals surface area (Å²) in [4.78, 5) is 11.4. The van der Waals surface area contributed by atoms with Crippen molar-refractivity contribution in [3.05, 3.63) is 29.3 Å². The molecule has 0 heterocycles. The zero-order chi connectivity index (χ0) is 11.3. The molecule has 0 aliphatic carbocycles. The van der Waals surface area contributed by atoms with E-state index in [0.29, 0.717) is 10.8 Å². The van der Waals surface area contributed by atoms with Crippen molar-refractivity contribution >= 4 is 28.5 Å². The molecular formula is C11H13ClO2S. The standard InChI is InChI=1S/C11H13ClO2S/c1-3-15-11(13)8(2)14-10-6-4-9(12)5-7-10/h4-8H,3H2,1-2H3. The first-order valence-electron chi connectivity index (χ1n) is 4.72. The molecule has 1 aromatic carbocycles. The Labute approximate surface area is 99.0 Å². The van der Waals surface area contributed by atoms with Crippen molar-refractivity contribution in [2.75, 3.05) is 5.75 Å². The van der Waals surface area contributed by atoms with Crippen LogP contribution in [0.15, 0.2) is 24.3 Å². The van der Waals surface area contributed by atoms with Crippen molar-refractivity contribution in [3.63, 3.8) is 0 Å². The number of benzene rings is 1. The molecule has 0 aromatic heterocycles. The van der Waals surface area contributed by atoms with Crippen molar-refractivity contribution in [2.45, 2.75) is 20.0 Å². The van der Waals surface area contributed by atoms with Gasteiger partial charge in [-0.3, -0.25) is 4.79 Å². The van der Waals surface area contributed by atoms with Crippen LogP contribution in [0.2, 0.25) is 5.02 Å². The second kappa shape index (κ2) is 6.03. The van der Waals surface area contributed by atoms with Crippen LogP contribution < -0.4 is 4.74 Å². The molecule has 0 saturated heterocycles.